The molecule has 0 unspecified atom stereocenters. The van der Waals surface area contributed by atoms with Gasteiger partial charge in [-0.15, -0.1) is 0 Å². The Bertz CT molecular complexity index is 783. The van der Waals surface area contributed by atoms with Crippen LogP contribution in [0.4, 0.5) is 0 Å². The molecule has 1 aromatic carbocycles. The molecule has 2 amide bonds. The lowest BCUT2D eigenvalue weighted by molar-refractivity contribution is -0.124. The van der Waals surface area contributed by atoms with Crippen LogP contribution in [0.2, 0.25) is 0 Å². The van der Waals surface area contributed by atoms with Gasteiger partial charge < -0.3 is 20.7 Å². The number of carbonyl (C=O) groups is 2. The SMILES string of the molecule is CCNC(=O)[C@@H]1C[C@H](N)CN1C(=O)c1cccc(Oc2ncccn2)c1. The molecule has 1 fully saturated rings. The van der Waals surface area contributed by atoms with E-state index >= 15 is 0 Å². The highest BCUT2D eigenvalue weighted by atomic mass is 16.5. The minimum atomic E-state index is -0.556. The molecule has 3 N–H and O–H groups in total. The van der Waals surface area contributed by atoms with E-state index in [1.165, 1.54) is 4.90 Å². The normalized spacial score (nSPS) is 19.2. The number of aromatic nitrogens is 2. The number of nitrogens with one attached hydrogen (secondary N) is 1. The highest BCUT2D eigenvalue weighted by Crippen LogP contribution is 2.23. The lowest BCUT2D eigenvalue weighted by Crippen LogP contribution is -2.45. The van der Waals surface area contributed by atoms with Crippen molar-refractivity contribution in [2.24, 2.45) is 5.73 Å². The highest BCUT2D eigenvalue weighted by Gasteiger charge is 2.38. The van der Waals surface area contributed by atoms with Gasteiger partial charge in [0.15, 0.2) is 0 Å². The van der Waals surface area contributed by atoms with Gasteiger partial charge in [0.1, 0.15) is 11.8 Å². The molecule has 8 nitrogen and oxygen atoms in total. The van der Waals surface area contributed by atoms with Crippen LogP contribution < -0.4 is 15.8 Å². The molecule has 2 heterocycles. The van der Waals surface area contributed by atoms with Gasteiger partial charge in [0.25, 0.3) is 5.91 Å². The van der Waals surface area contributed by atoms with E-state index < -0.39 is 6.04 Å². The molecule has 0 spiro atoms. The summed E-state index contributed by atoms with van der Waals surface area (Å²) in [7, 11) is 0. The molecule has 3 rings (SSSR count). The minimum Gasteiger partial charge on any atom is -0.424 e. The Labute approximate surface area is 151 Å². The lowest BCUT2D eigenvalue weighted by atomic mass is 10.1. The molecule has 0 radical (unpaired) electrons. The van der Waals surface area contributed by atoms with Crippen molar-refractivity contribution in [2.75, 3.05) is 13.1 Å². The zero-order chi connectivity index (χ0) is 18.5. The topological polar surface area (TPSA) is 110 Å². The van der Waals surface area contributed by atoms with Crippen LogP contribution in [0.3, 0.4) is 0 Å². The van der Waals surface area contributed by atoms with E-state index in [2.05, 4.69) is 15.3 Å². The Morgan fingerprint density at radius 2 is 2.08 bits per heavy atom. The predicted molar refractivity (Wildman–Crippen MR) is 94.6 cm³/mol. The monoisotopic (exact) mass is 355 g/mol. The van der Waals surface area contributed by atoms with Crippen LogP contribution in [0.15, 0.2) is 42.7 Å². The predicted octanol–water partition coefficient (Wildman–Crippen LogP) is 0.947. The van der Waals surface area contributed by atoms with Crippen molar-refractivity contribution in [1.29, 1.82) is 0 Å². The number of likely N-dealkylation sites (N-methyl/N-ethyl adjacent to an activating group) is 1. The van der Waals surface area contributed by atoms with Crippen LogP contribution in [0.5, 0.6) is 11.8 Å². The molecule has 26 heavy (non-hydrogen) atoms. The summed E-state index contributed by atoms with van der Waals surface area (Å²) >= 11 is 0. The summed E-state index contributed by atoms with van der Waals surface area (Å²) in [6.45, 7) is 2.69. The number of ether oxygens (including phenoxy) is 1. The van der Waals surface area contributed by atoms with Gasteiger partial charge in [0.05, 0.1) is 0 Å². The Kier molecular flexibility index (Phi) is 5.43. The zero-order valence-corrected chi connectivity index (χ0v) is 14.5. The summed E-state index contributed by atoms with van der Waals surface area (Å²) in [6, 6.07) is 7.82. The molecule has 1 aliphatic rings. The van der Waals surface area contributed by atoms with Crippen molar-refractivity contribution in [3.05, 3.63) is 48.3 Å². The number of rotatable bonds is 5. The molecule has 0 aliphatic carbocycles. The molecule has 1 saturated heterocycles. The van der Waals surface area contributed by atoms with Crippen molar-refractivity contribution in [3.63, 3.8) is 0 Å². The molecule has 0 bridgehead atoms. The number of nitrogens with two attached hydrogens (primary N) is 1. The number of likely N-dealkylation sites (tertiary alicyclic amines) is 1. The highest BCUT2D eigenvalue weighted by molar-refractivity contribution is 5.98. The van der Waals surface area contributed by atoms with Gasteiger partial charge in [-0.3, -0.25) is 9.59 Å². The summed E-state index contributed by atoms with van der Waals surface area (Å²) in [5.41, 5.74) is 6.40. The first kappa shape index (κ1) is 17.8. The fourth-order valence-electron chi connectivity index (χ4n) is 2.94. The number of nitrogens with zero attached hydrogens (tertiary/aromatic N) is 3. The second kappa shape index (κ2) is 7.92. The van der Waals surface area contributed by atoms with Gasteiger partial charge in [-0.1, -0.05) is 6.07 Å². The van der Waals surface area contributed by atoms with E-state index in [0.29, 0.717) is 30.8 Å². The van der Waals surface area contributed by atoms with Crippen LogP contribution in [-0.4, -0.2) is 51.9 Å². The Morgan fingerprint density at radius 1 is 1.31 bits per heavy atom. The average molecular weight is 355 g/mol. The van der Waals surface area contributed by atoms with Crippen LogP contribution in [0.1, 0.15) is 23.7 Å². The molecule has 2 aromatic rings. The summed E-state index contributed by atoms with van der Waals surface area (Å²) < 4.78 is 5.57. The maximum atomic E-state index is 12.9. The molecule has 0 saturated carbocycles. The first-order chi connectivity index (χ1) is 12.6. The molecular formula is C18H21N5O3. The lowest BCUT2D eigenvalue weighted by Gasteiger charge is -2.23. The molecular weight excluding hydrogens is 334 g/mol. The van der Waals surface area contributed by atoms with Crippen molar-refractivity contribution in [2.45, 2.75) is 25.4 Å². The number of hydrogen-bond donors (Lipinski definition) is 2. The Hall–Kier alpha value is -3.00. The Balaban J connectivity index is 1.78. The van der Waals surface area contributed by atoms with Gasteiger partial charge in [-0.25, -0.2) is 9.97 Å². The second-order valence-corrected chi connectivity index (χ2v) is 6.02. The molecule has 136 valence electrons. The fourth-order valence-corrected chi connectivity index (χ4v) is 2.94. The van der Waals surface area contributed by atoms with Crippen molar-refractivity contribution in [1.82, 2.24) is 20.2 Å². The Morgan fingerprint density at radius 3 is 2.81 bits per heavy atom. The summed E-state index contributed by atoms with van der Waals surface area (Å²) in [4.78, 5) is 34.7. The van der Waals surface area contributed by atoms with Crippen LogP contribution in [0, 0.1) is 0 Å². The van der Waals surface area contributed by atoms with Crippen molar-refractivity contribution in [3.8, 4) is 11.8 Å². The summed E-state index contributed by atoms with van der Waals surface area (Å²) in [5.74, 6) is 0.00706. The molecule has 1 aromatic heterocycles. The van der Waals surface area contributed by atoms with Crippen molar-refractivity contribution < 1.29 is 14.3 Å². The zero-order valence-electron chi connectivity index (χ0n) is 14.5. The van der Waals surface area contributed by atoms with E-state index in [0.717, 1.165) is 0 Å². The van der Waals surface area contributed by atoms with E-state index in [1.54, 1.807) is 42.7 Å². The first-order valence-electron chi connectivity index (χ1n) is 8.47. The number of hydrogen-bond acceptors (Lipinski definition) is 6. The van der Waals surface area contributed by atoms with Gasteiger partial charge >= 0.3 is 6.01 Å². The average Bonchev–Trinajstić information content (AvgIpc) is 3.04. The van der Waals surface area contributed by atoms with Crippen LogP contribution in [0.25, 0.3) is 0 Å². The number of carbonyl (C=O) groups excluding carboxylic acids is 2. The quantitative estimate of drug-likeness (QED) is 0.826. The summed E-state index contributed by atoms with van der Waals surface area (Å²) in [6.07, 6.45) is 3.59. The largest absolute Gasteiger partial charge is 0.424 e. The number of benzene rings is 1. The van der Waals surface area contributed by atoms with Crippen LogP contribution in [-0.2, 0) is 4.79 Å². The maximum absolute atomic E-state index is 12.9. The standard InChI is InChI=1S/C18H21N5O3/c1-2-20-16(24)15-10-13(19)11-23(15)17(25)12-5-3-6-14(9-12)26-18-21-7-4-8-22-18/h3-9,13,15H,2,10-11,19H2,1H3,(H,20,24)/t13-,15-/m0/s1. The van der Waals surface area contributed by atoms with Gasteiger partial charge in [-0.2, -0.15) is 0 Å². The van der Waals surface area contributed by atoms with E-state index in [9.17, 15) is 9.59 Å². The third-order valence-corrected chi connectivity index (χ3v) is 4.08. The van der Waals surface area contributed by atoms with Gasteiger partial charge in [-0.05, 0) is 37.6 Å². The maximum Gasteiger partial charge on any atom is 0.321 e. The smallest absolute Gasteiger partial charge is 0.321 e. The summed E-state index contributed by atoms with van der Waals surface area (Å²) in [5, 5.41) is 2.76. The molecule has 1 aliphatic heterocycles. The third-order valence-electron chi connectivity index (χ3n) is 4.08. The second-order valence-electron chi connectivity index (χ2n) is 6.02. The van der Waals surface area contributed by atoms with E-state index in [-0.39, 0.29) is 23.9 Å². The van der Waals surface area contributed by atoms with E-state index in [4.69, 9.17) is 10.5 Å². The molecule has 2 atom stereocenters. The van der Waals surface area contributed by atoms with E-state index in [1.807, 2.05) is 6.92 Å². The van der Waals surface area contributed by atoms with Gasteiger partial charge in [0.2, 0.25) is 5.91 Å². The van der Waals surface area contributed by atoms with Crippen molar-refractivity contribution >= 4 is 11.8 Å². The first-order valence-corrected chi connectivity index (χ1v) is 8.47. The van der Waals surface area contributed by atoms with Gasteiger partial charge in [0, 0.05) is 37.1 Å². The van der Waals surface area contributed by atoms with Crippen LogP contribution >= 0.6 is 0 Å². The number of amides is 2. The third kappa shape index (κ3) is 3.97. The molecule has 8 heteroatoms. The minimum absolute atomic E-state index is 0.182. The fraction of sp³-hybridized carbons (Fsp3) is 0.333.